The van der Waals surface area contributed by atoms with Gasteiger partial charge in [0, 0.05) is 0 Å². The second-order valence-corrected chi connectivity index (χ2v) is 3.87. The third-order valence-corrected chi connectivity index (χ3v) is 2.32. The Kier molecular flexibility index (Phi) is 5.23. The smallest absolute Gasteiger partial charge is 0.340 e. The molecule has 0 saturated heterocycles. The zero-order valence-electron chi connectivity index (χ0n) is 11.2. The number of carbonyl (C=O) groups is 1. The fourth-order valence-electron chi connectivity index (χ4n) is 1.39. The van der Waals surface area contributed by atoms with Gasteiger partial charge in [-0.2, -0.15) is 10.4 Å². The zero-order chi connectivity index (χ0) is 15.1. The zero-order valence-corrected chi connectivity index (χ0v) is 11.2. The van der Waals surface area contributed by atoms with Crippen molar-refractivity contribution in [3.8, 4) is 6.07 Å². The molecule has 0 spiro atoms. The Bertz CT molecular complexity index is 601. The van der Waals surface area contributed by atoms with Crippen LogP contribution in [0.25, 0.3) is 0 Å². The van der Waals surface area contributed by atoms with E-state index in [1.807, 2.05) is 6.92 Å². The number of nitrogens with zero attached hydrogens (tertiary/aromatic N) is 2. The SMILES string of the molecule is CCOC(=O)c1cc(C)ccc1N/N=C(\C#N)C(=N)N. The van der Waals surface area contributed by atoms with Crippen LogP contribution in [0.15, 0.2) is 23.3 Å². The van der Waals surface area contributed by atoms with Crippen molar-refractivity contribution in [3.63, 3.8) is 0 Å². The van der Waals surface area contributed by atoms with Gasteiger partial charge in [0.25, 0.3) is 0 Å². The van der Waals surface area contributed by atoms with Gasteiger partial charge in [0.2, 0.25) is 5.71 Å². The van der Waals surface area contributed by atoms with Crippen LogP contribution in [0.1, 0.15) is 22.8 Å². The van der Waals surface area contributed by atoms with Crippen molar-refractivity contribution in [2.75, 3.05) is 12.0 Å². The minimum Gasteiger partial charge on any atom is -0.462 e. The summed E-state index contributed by atoms with van der Waals surface area (Å²) in [5.74, 6) is -0.944. The Labute approximate surface area is 116 Å². The molecule has 1 rings (SSSR count). The molecule has 0 fully saturated rings. The highest BCUT2D eigenvalue weighted by molar-refractivity contribution is 6.45. The Morgan fingerprint density at radius 1 is 1.60 bits per heavy atom. The molecule has 0 aliphatic heterocycles. The summed E-state index contributed by atoms with van der Waals surface area (Å²) in [6, 6.07) is 6.74. The molecule has 20 heavy (non-hydrogen) atoms. The average molecular weight is 273 g/mol. The molecule has 7 nitrogen and oxygen atoms in total. The standard InChI is InChI=1S/C13H15N5O2/c1-3-20-13(19)9-6-8(2)4-5-10(9)17-18-11(7-14)12(15)16/h4-6,17H,3H2,1-2H3,(H3,15,16)/b18-11+. The van der Waals surface area contributed by atoms with Gasteiger partial charge in [-0.3, -0.25) is 10.8 Å². The fourth-order valence-corrected chi connectivity index (χ4v) is 1.39. The summed E-state index contributed by atoms with van der Waals surface area (Å²) in [6.07, 6.45) is 0. The van der Waals surface area contributed by atoms with Crippen LogP contribution in [0, 0.1) is 23.7 Å². The number of benzene rings is 1. The summed E-state index contributed by atoms with van der Waals surface area (Å²) in [4.78, 5) is 11.8. The van der Waals surface area contributed by atoms with Gasteiger partial charge >= 0.3 is 5.97 Å². The van der Waals surface area contributed by atoms with Crippen LogP contribution in [0.3, 0.4) is 0 Å². The van der Waals surface area contributed by atoms with Gasteiger partial charge in [-0.15, -0.1) is 0 Å². The van der Waals surface area contributed by atoms with Crippen molar-refractivity contribution in [3.05, 3.63) is 29.3 Å². The Morgan fingerprint density at radius 2 is 2.30 bits per heavy atom. The molecule has 0 saturated carbocycles. The topological polar surface area (TPSA) is 124 Å². The summed E-state index contributed by atoms with van der Waals surface area (Å²) in [7, 11) is 0. The van der Waals surface area contributed by atoms with E-state index >= 15 is 0 Å². The number of nitrogens with one attached hydrogen (secondary N) is 2. The van der Waals surface area contributed by atoms with Crippen LogP contribution in [0.5, 0.6) is 0 Å². The summed E-state index contributed by atoms with van der Waals surface area (Å²) < 4.78 is 4.94. The second kappa shape index (κ2) is 6.89. The van der Waals surface area contributed by atoms with Gasteiger partial charge in [-0.1, -0.05) is 11.6 Å². The van der Waals surface area contributed by atoms with Crippen LogP contribution < -0.4 is 11.2 Å². The number of carbonyl (C=O) groups excluding carboxylic acids is 1. The van der Waals surface area contributed by atoms with Gasteiger partial charge in [0.1, 0.15) is 6.07 Å². The van der Waals surface area contributed by atoms with E-state index in [-0.39, 0.29) is 12.3 Å². The minimum atomic E-state index is -0.491. The summed E-state index contributed by atoms with van der Waals surface area (Å²) in [6.45, 7) is 3.81. The third kappa shape index (κ3) is 3.81. The number of hydrazone groups is 1. The number of hydrogen-bond acceptors (Lipinski definition) is 6. The molecule has 1 aromatic rings. The maximum atomic E-state index is 11.8. The van der Waals surface area contributed by atoms with Gasteiger partial charge in [-0.25, -0.2) is 4.79 Å². The first-order valence-corrected chi connectivity index (χ1v) is 5.85. The molecule has 0 unspecified atom stereocenters. The molecule has 4 N–H and O–H groups in total. The lowest BCUT2D eigenvalue weighted by Crippen LogP contribution is -2.22. The van der Waals surface area contributed by atoms with Gasteiger partial charge in [0.05, 0.1) is 17.9 Å². The van der Waals surface area contributed by atoms with E-state index < -0.39 is 11.8 Å². The molecule has 0 heterocycles. The summed E-state index contributed by atoms with van der Waals surface area (Å²) in [5.41, 5.74) is 9.04. The maximum absolute atomic E-state index is 11.8. The lowest BCUT2D eigenvalue weighted by molar-refractivity contribution is 0.0527. The predicted molar refractivity (Wildman–Crippen MR) is 75.7 cm³/mol. The number of aryl methyl sites for hydroxylation is 1. The molecule has 0 aliphatic carbocycles. The van der Waals surface area contributed by atoms with Crippen molar-refractivity contribution < 1.29 is 9.53 Å². The molecule has 7 heteroatoms. The molecule has 1 aromatic carbocycles. The number of rotatable bonds is 5. The van der Waals surface area contributed by atoms with E-state index in [9.17, 15) is 4.79 Å². The third-order valence-electron chi connectivity index (χ3n) is 2.32. The number of anilines is 1. The number of nitriles is 1. The molecular weight excluding hydrogens is 258 g/mol. The Hall–Kier alpha value is -2.88. The first kappa shape index (κ1) is 15.2. The van der Waals surface area contributed by atoms with Crippen molar-refractivity contribution in [2.24, 2.45) is 10.8 Å². The van der Waals surface area contributed by atoms with Gasteiger partial charge < -0.3 is 10.5 Å². The molecular formula is C13H15N5O2. The normalized spacial score (nSPS) is 10.6. The van der Waals surface area contributed by atoms with E-state index in [2.05, 4.69) is 10.5 Å². The second-order valence-electron chi connectivity index (χ2n) is 3.87. The molecule has 0 radical (unpaired) electrons. The Morgan fingerprint density at radius 3 is 2.85 bits per heavy atom. The van der Waals surface area contributed by atoms with Crippen LogP contribution in [-0.2, 0) is 4.74 Å². The summed E-state index contributed by atoms with van der Waals surface area (Å²) >= 11 is 0. The number of amidine groups is 1. The summed E-state index contributed by atoms with van der Waals surface area (Å²) in [5, 5.41) is 19.6. The van der Waals surface area contributed by atoms with Crippen molar-refractivity contribution in [1.82, 2.24) is 0 Å². The largest absolute Gasteiger partial charge is 0.462 e. The highest BCUT2D eigenvalue weighted by Crippen LogP contribution is 2.18. The van der Waals surface area contributed by atoms with Crippen LogP contribution in [0.2, 0.25) is 0 Å². The van der Waals surface area contributed by atoms with Crippen LogP contribution in [0.4, 0.5) is 5.69 Å². The first-order valence-electron chi connectivity index (χ1n) is 5.85. The van der Waals surface area contributed by atoms with Crippen molar-refractivity contribution >= 4 is 23.2 Å². The number of hydrogen-bond donors (Lipinski definition) is 3. The van der Waals surface area contributed by atoms with Crippen molar-refractivity contribution in [1.29, 1.82) is 10.7 Å². The minimum absolute atomic E-state index is 0.256. The maximum Gasteiger partial charge on any atom is 0.340 e. The fraction of sp³-hybridized carbons (Fsp3) is 0.231. The lowest BCUT2D eigenvalue weighted by atomic mass is 10.1. The molecule has 0 aromatic heterocycles. The lowest BCUT2D eigenvalue weighted by Gasteiger charge is -2.09. The van der Waals surface area contributed by atoms with Crippen molar-refractivity contribution in [2.45, 2.75) is 13.8 Å². The first-order chi connectivity index (χ1) is 9.49. The van der Waals surface area contributed by atoms with Gasteiger partial charge in [-0.05, 0) is 26.0 Å². The Balaban J connectivity index is 3.10. The number of esters is 1. The molecule has 0 amide bonds. The van der Waals surface area contributed by atoms with E-state index in [1.165, 1.54) is 0 Å². The predicted octanol–water partition coefficient (Wildman–Crippen LogP) is 1.40. The van der Waals surface area contributed by atoms with Gasteiger partial charge in [0.15, 0.2) is 5.84 Å². The number of ether oxygens (including phenoxy) is 1. The number of nitrogens with two attached hydrogens (primary N) is 1. The van der Waals surface area contributed by atoms with E-state index in [4.69, 9.17) is 21.1 Å². The molecule has 104 valence electrons. The molecule has 0 bridgehead atoms. The highest BCUT2D eigenvalue weighted by Gasteiger charge is 2.13. The van der Waals surface area contributed by atoms with E-state index in [0.29, 0.717) is 11.3 Å². The monoisotopic (exact) mass is 273 g/mol. The van der Waals surface area contributed by atoms with Crippen LogP contribution in [-0.4, -0.2) is 24.1 Å². The highest BCUT2D eigenvalue weighted by atomic mass is 16.5. The molecule has 0 atom stereocenters. The van der Waals surface area contributed by atoms with E-state index in [0.717, 1.165) is 5.56 Å². The quantitative estimate of drug-likeness (QED) is 0.323. The average Bonchev–Trinajstić information content (AvgIpc) is 2.40. The van der Waals surface area contributed by atoms with E-state index in [1.54, 1.807) is 31.2 Å². The molecule has 0 aliphatic rings. The van der Waals surface area contributed by atoms with Crippen LogP contribution >= 0.6 is 0 Å².